The summed E-state index contributed by atoms with van der Waals surface area (Å²) in [6, 6.07) is 5.42. The third-order valence-electron chi connectivity index (χ3n) is 4.13. The Kier molecular flexibility index (Phi) is 6.07. The molecule has 0 unspecified atom stereocenters. The fraction of sp³-hybridized carbons (Fsp3) is 0.588. The highest BCUT2D eigenvalue weighted by molar-refractivity contribution is 5.97. The average Bonchev–Trinajstić information content (AvgIpc) is 2.50. The number of carbonyl (C=O) groups excluding carboxylic acids is 1. The highest BCUT2D eigenvalue weighted by atomic mass is 16.5. The van der Waals surface area contributed by atoms with Crippen LogP contribution in [0, 0.1) is 5.92 Å². The number of para-hydroxylation sites is 1. The Labute approximate surface area is 132 Å². The first kappa shape index (κ1) is 16.6. The van der Waals surface area contributed by atoms with Crippen LogP contribution in [-0.2, 0) is 0 Å². The van der Waals surface area contributed by atoms with Crippen molar-refractivity contribution in [3.8, 4) is 11.5 Å². The van der Waals surface area contributed by atoms with Crippen LogP contribution in [-0.4, -0.2) is 44.7 Å². The van der Waals surface area contributed by atoms with Gasteiger partial charge in [0.15, 0.2) is 11.5 Å². The first-order valence-electron chi connectivity index (χ1n) is 7.92. The summed E-state index contributed by atoms with van der Waals surface area (Å²) in [4.78, 5) is 14.5. The maximum Gasteiger partial charge on any atom is 0.257 e. The molecule has 0 atom stereocenters. The van der Waals surface area contributed by atoms with E-state index in [1.165, 1.54) is 19.3 Å². The molecule has 1 aliphatic carbocycles. The average molecular weight is 306 g/mol. The van der Waals surface area contributed by atoms with Gasteiger partial charge in [0.1, 0.15) is 0 Å². The molecule has 1 aromatic carbocycles. The molecule has 1 aliphatic rings. The van der Waals surface area contributed by atoms with Gasteiger partial charge in [-0.15, -0.1) is 0 Å². The zero-order valence-corrected chi connectivity index (χ0v) is 13.5. The van der Waals surface area contributed by atoms with Gasteiger partial charge >= 0.3 is 0 Å². The lowest BCUT2D eigenvalue weighted by molar-refractivity contribution is 0.0740. The molecule has 0 radical (unpaired) electrons. The van der Waals surface area contributed by atoms with Gasteiger partial charge in [0.05, 0.1) is 19.3 Å². The maximum absolute atomic E-state index is 12.7. The highest BCUT2D eigenvalue weighted by Gasteiger charge is 2.24. The summed E-state index contributed by atoms with van der Waals surface area (Å²) in [6.07, 6.45) is 4.45. The topological polar surface area (TPSA) is 64.8 Å². The van der Waals surface area contributed by atoms with Crippen molar-refractivity contribution in [2.75, 3.05) is 33.9 Å². The summed E-state index contributed by atoms with van der Waals surface area (Å²) >= 11 is 0. The van der Waals surface area contributed by atoms with Crippen LogP contribution in [0.1, 0.15) is 36.0 Å². The number of benzene rings is 1. The second-order valence-electron chi connectivity index (χ2n) is 5.81. The molecule has 5 heteroatoms. The van der Waals surface area contributed by atoms with Gasteiger partial charge in [-0.2, -0.15) is 0 Å². The fourth-order valence-electron chi connectivity index (χ4n) is 2.60. The van der Waals surface area contributed by atoms with Gasteiger partial charge in [0, 0.05) is 13.6 Å². The molecule has 0 aliphatic heterocycles. The summed E-state index contributed by atoms with van der Waals surface area (Å²) in [7, 11) is 3.43. The van der Waals surface area contributed by atoms with E-state index in [1.54, 1.807) is 24.1 Å². The summed E-state index contributed by atoms with van der Waals surface area (Å²) < 4.78 is 11.1. The van der Waals surface area contributed by atoms with E-state index in [0.29, 0.717) is 36.1 Å². The molecule has 122 valence electrons. The smallest absolute Gasteiger partial charge is 0.257 e. The minimum atomic E-state index is -0.0199. The van der Waals surface area contributed by atoms with Crippen LogP contribution in [0.5, 0.6) is 11.5 Å². The van der Waals surface area contributed by atoms with E-state index in [0.717, 1.165) is 13.0 Å². The summed E-state index contributed by atoms with van der Waals surface area (Å²) in [5, 5.41) is 0. The lowest BCUT2D eigenvalue weighted by atomic mass is 9.85. The molecule has 0 bridgehead atoms. The Morgan fingerprint density at radius 3 is 2.77 bits per heavy atom. The number of hydrogen-bond donors (Lipinski definition) is 1. The number of nitrogens with two attached hydrogens (primary N) is 1. The van der Waals surface area contributed by atoms with Crippen LogP contribution < -0.4 is 15.2 Å². The van der Waals surface area contributed by atoms with Crippen LogP contribution in [0.2, 0.25) is 0 Å². The van der Waals surface area contributed by atoms with Gasteiger partial charge in [-0.25, -0.2) is 0 Å². The minimum absolute atomic E-state index is 0.0199. The monoisotopic (exact) mass is 306 g/mol. The number of nitrogens with zero attached hydrogens (tertiary/aromatic N) is 1. The van der Waals surface area contributed by atoms with Gasteiger partial charge in [0.25, 0.3) is 5.91 Å². The third-order valence-corrected chi connectivity index (χ3v) is 4.13. The molecule has 0 saturated heterocycles. The second kappa shape index (κ2) is 8.03. The number of hydrogen-bond acceptors (Lipinski definition) is 4. The quantitative estimate of drug-likeness (QED) is 0.748. The van der Waals surface area contributed by atoms with E-state index in [4.69, 9.17) is 15.2 Å². The molecule has 0 heterocycles. The summed E-state index contributed by atoms with van der Waals surface area (Å²) in [6.45, 7) is 1.84. The van der Waals surface area contributed by atoms with Crippen LogP contribution in [0.15, 0.2) is 18.2 Å². The Bertz CT molecular complexity index is 501. The number of ether oxygens (including phenoxy) is 2. The molecule has 5 nitrogen and oxygen atoms in total. The maximum atomic E-state index is 12.7. The SMILES string of the molecule is COc1cccc(C(=O)N(C)CC2CCC2)c1OCCCN. The van der Waals surface area contributed by atoms with Crippen molar-refractivity contribution in [3.05, 3.63) is 23.8 Å². The highest BCUT2D eigenvalue weighted by Crippen LogP contribution is 2.33. The normalized spacial score (nSPS) is 14.3. The molecule has 0 spiro atoms. The fourth-order valence-corrected chi connectivity index (χ4v) is 2.60. The van der Waals surface area contributed by atoms with Crippen LogP contribution in [0.3, 0.4) is 0 Å². The zero-order chi connectivity index (χ0) is 15.9. The van der Waals surface area contributed by atoms with E-state index in [2.05, 4.69) is 0 Å². The van der Waals surface area contributed by atoms with Crippen LogP contribution in [0.25, 0.3) is 0 Å². The number of methoxy groups -OCH3 is 1. The standard InChI is InChI=1S/C17H26N2O3/c1-19(12-13-6-3-7-13)17(20)14-8-4-9-15(21-2)16(14)22-11-5-10-18/h4,8-9,13H,3,5-7,10-12,18H2,1-2H3. The molecule has 2 N–H and O–H groups in total. The van der Waals surface area contributed by atoms with Crippen molar-refractivity contribution in [2.45, 2.75) is 25.7 Å². The van der Waals surface area contributed by atoms with E-state index >= 15 is 0 Å². The van der Waals surface area contributed by atoms with Gasteiger partial charge in [-0.05, 0) is 43.9 Å². The van der Waals surface area contributed by atoms with Crippen molar-refractivity contribution in [3.63, 3.8) is 0 Å². The lowest BCUT2D eigenvalue weighted by Gasteiger charge is -2.30. The van der Waals surface area contributed by atoms with E-state index in [1.807, 2.05) is 13.1 Å². The van der Waals surface area contributed by atoms with Crippen molar-refractivity contribution in [2.24, 2.45) is 11.7 Å². The van der Waals surface area contributed by atoms with Crippen LogP contribution in [0.4, 0.5) is 0 Å². The first-order valence-corrected chi connectivity index (χ1v) is 7.92. The van der Waals surface area contributed by atoms with Gasteiger partial charge < -0.3 is 20.1 Å². The Morgan fingerprint density at radius 1 is 1.41 bits per heavy atom. The number of amides is 1. The van der Waals surface area contributed by atoms with Crippen molar-refractivity contribution < 1.29 is 14.3 Å². The Morgan fingerprint density at radius 2 is 2.18 bits per heavy atom. The van der Waals surface area contributed by atoms with Gasteiger partial charge in [-0.3, -0.25) is 4.79 Å². The molecule has 0 aromatic heterocycles. The van der Waals surface area contributed by atoms with E-state index in [9.17, 15) is 4.79 Å². The molecule has 22 heavy (non-hydrogen) atoms. The van der Waals surface area contributed by atoms with Crippen molar-refractivity contribution in [1.29, 1.82) is 0 Å². The van der Waals surface area contributed by atoms with Crippen molar-refractivity contribution in [1.82, 2.24) is 4.90 Å². The van der Waals surface area contributed by atoms with Crippen LogP contribution >= 0.6 is 0 Å². The lowest BCUT2D eigenvalue weighted by Crippen LogP contribution is -2.34. The van der Waals surface area contributed by atoms with Crippen molar-refractivity contribution >= 4 is 5.91 Å². The minimum Gasteiger partial charge on any atom is -0.493 e. The van der Waals surface area contributed by atoms with Gasteiger partial charge in [0.2, 0.25) is 0 Å². The Balaban J connectivity index is 2.14. The summed E-state index contributed by atoms with van der Waals surface area (Å²) in [5.74, 6) is 1.72. The molecular weight excluding hydrogens is 280 g/mol. The predicted octanol–water partition coefficient (Wildman–Crippen LogP) is 2.29. The zero-order valence-electron chi connectivity index (χ0n) is 13.5. The van der Waals surface area contributed by atoms with E-state index in [-0.39, 0.29) is 5.91 Å². The molecule has 1 fully saturated rings. The molecule has 2 rings (SSSR count). The summed E-state index contributed by atoms with van der Waals surface area (Å²) in [5.41, 5.74) is 6.05. The first-order chi connectivity index (χ1) is 10.7. The molecule has 1 amide bonds. The Hall–Kier alpha value is -1.75. The number of rotatable bonds is 8. The molecular formula is C17H26N2O3. The third kappa shape index (κ3) is 3.91. The molecule has 1 aromatic rings. The largest absolute Gasteiger partial charge is 0.493 e. The number of carbonyl (C=O) groups is 1. The molecule has 1 saturated carbocycles. The van der Waals surface area contributed by atoms with E-state index < -0.39 is 0 Å². The second-order valence-corrected chi connectivity index (χ2v) is 5.81. The predicted molar refractivity (Wildman–Crippen MR) is 86.5 cm³/mol. The van der Waals surface area contributed by atoms with Gasteiger partial charge in [-0.1, -0.05) is 12.5 Å².